The summed E-state index contributed by atoms with van der Waals surface area (Å²) in [7, 11) is 1.91. The third-order valence-corrected chi connectivity index (χ3v) is 4.81. The van der Waals surface area contributed by atoms with Crippen molar-refractivity contribution in [2.75, 3.05) is 39.8 Å². The fraction of sp³-hybridized carbons (Fsp3) is 0.800. The van der Waals surface area contributed by atoms with Gasteiger partial charge in [0, 0.05) is 45.8 Å². The Bertz CT molecular complexity index is 381. The van der Waals surface area contributed by atoms with Gasteiger partial charge < -0.3 is 10.2 Å². The second kappa shape index (κ2) is 6.64. The van der Waals surface area contributed by atoms with E-state index in [4.69, 9.17) is 0 Å². The molecular formula is C15H27IN4. The molecule has 0 radical (unpaired) electrons. The largest absolute Gasteiger partial charge is 0.356 e. The Kier molecular flexibility index (Phi) is 5.34. The van der Waals surface area contributed by atoms with Gasteiger partial charge in [0.2, 0.25) is 0 Å². The monoisotopic (exact) mass is 390 g/mol. The lowest BCUT2D eigenvalue weighted by atomic mass is 10.1. The highest BCUT2D eigenvalue weighted by molar-refractivity contribution is 14.0. The van der Waals surface area contributed by atoms with Crippen LogP contribution < -0.4 is 5.32 Å². The van der Waals surface area contributed by atoms with Gasteiger partial charge in [-0.1, -0.05) is 19.1 Å². The zero-order valence-corrected chi connectivity index (χ0v) is 15.0. The molecule has 20 heavy (non-hydrogen) atoms. The van der Waals surface area contributed by atoms with Gasteiger partial charge in [-0.2, -0.15) is 0 Å². The molecule has 3 aliphatic rings. The van der Waals surface area contributed by atoms with E-state index in [0.717, 1.165) is 38.7 Å². The Balaban J connectivity index is 0.00000147. The SMILES string of the molecule is CN=C(NCC1(C)CC1)N1CCC(N2CC=CC2)C1.I. The molecule has 1 saturated heterocycles. The van der Waals surface area contributed by atoms with Gasteiger partial charge in [0.1, 0.15) is 0 Å². The van der Waals surface area contributed by atoms with Gasteiger partial charge in [-0.3, -0.25) is 9.89 Å². The van der Waals surface area contributed by atoms with E-state index >= 15 is 0 Å². The minimum Gasteiger partial charge on any atom is -0.356 e. The molecule has 1 unspecified atom stereocenters. The van der Waals surface area contributed by atoms with Crippen LogP contribution in [0.25, 0.3) is 0 Å². The molecule has 0 bridgehead atoms. The number of nitrogens with zero attached hydrogens (tertiary/aromatic N) is 3. The van der Waals surface area contributed by atoms with Crippen LogP contribution >= 0.6 is 24.0 Å². The lowest BCUT2D eigenvalue weighted by Crippen LogP contribution is -2.44. The van der Waals surface area contributed by atoms with E-state index in [1.165, 1.54) is 19.3 Å². The fourth-order valence-corrected chi connectivity index (χ4v) is 3.04. The first kappa shape index (κ1) is 16.1. The zero-order chi connectivity index (χ0) is 13.3. The molecule has 3 rings (SSSR count). The highest BCUT2D eigenvalue weighted by Gasteiger charge is 2.38. The standard InChI is InChI=1S/C15H26N4.HI/c1-15(6-7-15)12-17-14(16-2)19-10-5-13(11-19)18-8-3-4-9-18;/h3-4,13H,5-12H2,1-2H3,(H,16,17);1H. The van der Waals surface area contributed by atoms with Crippen LogP contribution in [-0.2, 0) is 0 Å². The smallest absolute Gasteiger partial charge is 0.193 e. The summed E-state index contributed by atoms with van der Waals surface area (Å²) in [6.45, 7) is 7.95. The molecule has 0 amide bonds. The molecule has 5 heteroatoms. The molecule has 2 heterocycles. The quantitative estimate of drug-likeness (QED) is 0.346. The third-order valence-electron chi connectivity index (χ3n) is 4.81. The van der Waals surface area contributed by atoms with Gasteiger partial charge in [-0.15, -0.1) is 24.0 Å². The van der Waals surface area contributed by atoms with Gasteiger partial charge >= 0.3 is 0 Å². The van der Waals surface area contributed by atoms with Crippen molar-refractivity contribution in [1.29, 1.82) is 0 Å². The predicted octanol–water partition coefficient (Wildman–Crippen LogP) is 1.93. The zero-order valence-electron chi connectivity index (χ0n) is 12.6. The van der Waals surface area contributed by atoms with Gasteiger partial charge in [-0.25, -0.2) is 0 Å². The van der Waals surface area contributed by atoms with Crippen molar-refractivity contribution in [2.45, 2.75) is 32.2 Å². The molecule has 2 aliphatic heterocycles. The van der Waals surface area contributed by atoms with Gasteiger partial charge in [0.25, 0.3) is 0 Å². The minimum absolute atomic E-state index is 0. The van der Waals surface area contributed by atoms with E-state index in [1.807, 2.05) is 7.05 Å². The number of aliphatic imine (C=N–C) groups is 1. The van der Waals surface area contributed by atoms with Crippen LogP contribution in [0.2, 0.25) is 0 Å². The molecule has 0 spiro atoms. The topological polar surface area (TPSA) is 30.9 Å². The van der Waals surface area contributed by atoms with E-state index < -0.39 is 0 Å². The number of likely N-dealkylation sites (tertiary alicyclic amines) is 1. The van der Waals surface area contributed by atoms with Crippen molar-refractivity contribution in [3.63, 3.8) is 0 Å². The Morgan fingerprint density at radius 3 is 2.65 bits per heavy atom. The predicted molar refractivity (Wildman–Crippen MR) is 94.8 cm³/mol. The number of rotatable bonds is 3. The van der Waals surface area contributed by atoms with Crippen molar-refractivity contribution < 1.29 is 0 Å². The minimum atomic E-state index is 0. The first-order chi connectivity index (χ1) is 9.20. The molecule has 1 saturated carbocycles. The third kappa shape index (κ3) is 3.67. The van der Waals surface area contributed by atoms with Crippen molar-refractivity contribution in [2.24, 2.45) is 10.4 Å². The van der Waals surface area contributed by atoms with E-state index in [1.54, 1.807) is 0 Å². The number of halogens is 1. The summed E-state index contributed by atoms with van der Waals surface area (Å²) < 4.78 is 0. The summed E-state index contributed by atoms with van der Waals surface area (Å²) in [5.41, 5.74) is 0.536. The van der Waals surface area contributed by atoms with E-state index in [2.05, 4.69) is 39.2 Å². The maximum absolute atomic E-state index is 4.46. The first-order valence-electron chi connectivity index (χ1n) is 7.55. The van der Waals surface area contributed by atoms with Gasteiger partial charge in [0.05, 0.1) is 0 Å². The second-order valence-electron chi connectivity index (χ2n) is 6.53. The summed E-state index contributed by atoms with van der Waals surface area (Å²) in [5, 5.41) is 3.57. The van der Waals surface area contributed by atoms with Crippen LogP contribution in [0, 0.1) is 5.41 Å². The van der Waals surface area contributed by atoms with Crippen molar-refractivity contribution in [3.8, 4) is 0 Å². The fourth-order valence-electron chi connectivity index (χ4n) is 3.04. The maximum Gasteiger partial charge on any atom is 0.193 e. The van der Waals surface area contributed by atoms with Crippen molar-refractivity contribution in [3.05, 3.63) is 12.2 Å². The summed E-state index contributed by atoms with van der Waals surface area (Å²) in [5.74, 6) is 1.10. The molecule has 0 aromatic heterocycles. The second-order valence-corrected chi connectivity index (χ2v) is 6.53. The van der Waals surface area contributed by atoms with E-state index in [0.29, 0.717) is 11.5 Å². The molecule has 1 atom stereocenters. The molecule has 1 aliphatic carbocycles. The number of guanidine groups is 1. The van der Waals surface area contributed by atoms with Gasteiger partial charge in [0.15, 0.2) is 5.96 Å². The van der Waals surface area contributed by atoms with Crippen LogP contribution in [0.5, 0.6) is 0 Å². The molecule has 2 fully saturated rings. The molecule has 1 N–H and O–H groups in total. The lowest BCUT2D eigenvalue weighted by molar-refractivity contribution is 0.259. The van der Waals surface area contributed by atoms with Crippen molar-refractivity contribution in [1.82, 2.24) is 15.1 Å². The Morgan fingerprint density at radius 1 is 1.35 bits per heavy atom. The molecule has 4 nitrogen and oxygen atoms in total. The summed E-state index contributed by atoms with van der Waals surface area (Å²) in [6.07, 6.45) is 8.55. The number of nitrogens with one attached hydrogen (secondary N) is 1. The molecule has 0 aromatic carbocycles. The number of hydrogen-bond donors (Lipinski definition) is 1. The van der Waals surface area contributed by atoms with Crippen LogP contribution in [0.1, 0.15) is 26.2 Å². The molecule has 114 valence electrons. The summed E-state index contributed by atoms with van der Waals surface area (Å²) in [6, 6.07) is 0.699. The lowest BCUT2D eigenvalue weighted by Gasteiger charge is -2.26. The van der Waals surface area contributed by atoms with E-state index in [-0.39, 0.29) is 24.0 Å². The maximum atomic E-state index is 4.46. The average Bonchev–Trinajstić information content (AvgIpc) is 2.90. The first-order valence-corrected chi connectivity index (χ1v) is 7.55. The Morgan fingerprint density at radius 2 is 2.05 bits per heavy atom. The van der Waals surface area contributed by atoms with Crippen LogP contribution in [0.4, 0.5) is 0 Å². The molecular weight excluding hydrogens is 363 g/mol. The normalized spacial score (nSPS) is 28.6. The highest BCUT2D eigenvalue weighted by Crippen LogP contribution is 2.44. The van der Waals surface area contributed by atoms with Crippen LogP contribution in [-0.4, -0.2) is 61.6 Å². The van der Waals surface area contributed by atoms with Crippen molar-refractivity contribution >= 4 is 29.9 Å². The number of hydrogen-bond acceptors (Lipinski definition) is 2. The van der Waals surface area contributed by atoms with E-state index in [9.17, 15) is 0 Å². The van der Waals surface area contributed by atoms with Gasteiger partial charge in [-0.05, 0) is 24.7 Å². The highest BCUT2D eigenvalue weighted by atomic mass is 127. The van der Waals surface area contributed by atoms with Crippen LogP contribution in [0.15, 0.2) is 17.1 Å². The summed E-state index contributed by atoms with van der Waals surface area (Å²) >= 11 is 0. The Hall–Kier alpha value is -0.300. The van der Waals surface area contributed by atoms with Crippen LogP contribution in [0.3, 0.4) is 0 Å². The average molecular weight is 390 g/mol. The Labute approximate surface area is 139 Å². The molecule has 0 aromatic rings. The summed E-state index contributed by atoms with van der Waals surface area (Å²) in [4.78, 5) is 9.45.